The SMILES string of the molecule is CCCCCCCCC#Cc1nnc2ccc(Br)cc2c1Br. The third-order valence-electron chi connectivity index (χ3n) is 3.52. The molecule has 0 unspecified atom stereocenters. The van der Waals surface area contributed by atoms with Gasteiger partial charge in [0.25, 0.3) is 0 Å². The molecular formula is C18H20Br2N2. The number of hydrogen-bond donors (Lipinski definition) is 0. The van der Waals surface area contributed by atoms with Crippen molar-refractivity contribution < 1.29 is 0 Å². The molecule has 2 nitrogen and oxygen atoms in total. The molecule has 0 bridgehead atoms. The van der Waals surface area contributed by atoms with Crippen molar-refractivity contribution in [3.63, 3.8) is 0 Å². The number of halogens is 2. The molecule has 4 heteroatoms. The smallest absolute Gasteiger partial charge is 0.149 e. The minimum Gasteiger partial charge on any atom is -0.149 e. The molecule has 0 N–H and O–H groups in total. The van der Waals surface area contributed by atoms with Crippen LogP contribution in [0.4, 0.5) is 0 Å². The van der Waals surface area contributed by atoms with Crippen LogP contribution in [0.15, 0.2) is 27.1 Å². The van der Waals surface area contributed by atoms with Gasteiger partial charge in [-0.05, 0) is 46.5 Å². The van der Waals surface area contributed by atoms with Crippen molar-refractivity contribution in [3.05, 3.63) is 32.8 Å². The van der Waals surface area contributed by atoms with E-state index in [-0.39, 0.29) is 0 Å². The summed E-state index contributed by atoms with van der Waals surface area (Å²) in [6, 6.07) is 5.95. The third kappa shape index (κ3) is 5.07. The van der Waals surface area contributed by atoms with Gasteiger partial charge in [-0.15, -0.1) is 10.2 Å². The summed E-state index contributed by atoms with van der Waals surface area (Å²) in [6.45, 7) is 2.24. The zero-order chi connectivity index (χ0) is 15.8. The second-order valence-electron chi connectivity index (χ2n) is 5.34. The lowest BCUT2D eigenvalue weighted by atomic mass is 10.1. The Balaban J connectivity index is 1.95. The van der Waals surface area contributed by atoms with Gasteiger partial charge in [0.1, 0.15) is 0 Å². The number of benzene rings is 1. The van der Waals surface area contributed by atoms with Crippen molar-refractivity contribution in [1.29, 1.82) is 0 Å². The first-order valence-electron chi connectivity index (χ1n) is 7.82. The highest BCUT2D eigenvalue weighted by atomic mass is 79.9. The van der Waals surface area contributed by atoms with Crippen LogP contribution in [-0.2, 0) is 0 Å². The Labute approximate surface area is 149 Å². The van der Waals surface area contributed by atoms with Crippen LogP contribution in [0.25, 0.3) is 10.9 Å². The van der Waals surface area contributed by atoms with Crippen molar-refractivity contribution in [2.24, 2.45) is 0 Å². The van der Waals surface area contributed by atoms with Crippen LogP contribution in [0, 0.1) is 11.8 Å². The van der Waals surface area contributed by atoms with Gasteiger partial charge < -0.3 is 0 Å². The quantitative estimate of drug-likeness (QED) is 0.404. The lowest BCUT2D eigenvalue weighted by Gasteiger charge is -2.01. The molecule has 0 fully saturated rings. The summed E-state index contributed by atoms with van der Waals surface area (Å²) in [6.07, 6.45) is 8.68. The molecule has 0 aliphatic heterocycles. The average molecular weight is 424 g/mol. The first-order chi connectivity index (χ1) is 10.7. The minimum absolute atomic E-state index is 0.719. The van der Waals surface area contributed by atoms with Gasteiger partial charge in [0.2, 0.25) is 0 Å². The molecule has 0 aliphatic rings. The Morgan fingerprint density at radius 3 is 2.59 bits per heavy atom. The molecular weight excluding hydrogens is 404 g/mol. The summed E-state index contributed by atoms with van der Waals surface area (Å²) in [7, 11) is 0. The van der Waals surface area contributed by atoms with E-state index >= 15 is 0 Å². The first-order valence-corrected chi connectivity index (χ1v) is 9.41. The van der Waals surface area contributed by atoms with Gasteiger partial charge in [-0.25, -0.2) is 0 Å². The molecule has 116 valence electrons. The predicted molar refractivity (Wildman–Crippen MR) is 99.8 cm³/mol. The number of nitrogens with zero attached hydrogens (tertiary/aromatic N) is 2. The van der Waals surface area contributed by atoms with Crippen LogP contribution in [0.5, 0.6) is 0 Å². The fraction of sp³-hybridized carbons (Fsp3) is 0.444. The third-order valence-corrected chi connectivity index (χ3v) is 4.82. The van der Waals surface area contributed by atoms with E-state index in [1.54, 1.807) is 0 Å². The molecule has 1 heterocycles. The molecule has 0 atom stereocenters. The zero-order valence-electron chi connectivity index (χ0n) is 12.8. The summed E-state index contributed by atoms with van der Waals surface area (Å²) in [5.41, 5.74) is 1.59. The summed E-state index contributed by atoms with van der Waals surface area (Å²) >= 11 is 7.09. The molecule has 0 amide bonds. The highest BCUT2D eigenvalue weighted by Gasteiger charge is 2.06. The van der Waals surface area contributed by atoms with Crippen molar-refractivity contribution in [1.82, 2.24) is 10.2 Å². The van der Waals surface area contributed by atoms with E-state index in [1.807, 2.05) is 18.2 Å². The number of aromatic nitrogens is 2. The van der Waals surface area contributed by atoms with Gasteiger partial charge in [-0.3, -0.25) is 0 Å². The van der Waals surface area contributed by atoms with Crippen LogP contribution < -0.4 is 0 Å². The number of unbranched alkanes of at least 4 members (excludes halogenated alkanes) is 6. The molecule has 0 spiro atoms. The van der Waals surface area contributed by atoms with E-state index in [9.17, 15) is 0 Å². The maximum atomic E-state index is 4.23. The second kappa shape index (κ2) is 9.27. The summed E-state index contributed by atoms with van der Waals surface area (Å²) < 4.78 is 1.95. The van der Waals surface area contributed by atoms with Crippen molar-refractivity contribution >= 4 is 42.8 Å². The van der Waals surface area contributed by atoms with Gasteiger partial charge in [0, 0.05) is 16.3 Å². The predicted octanol–water partition coefficient (Wildman–Crippen LogP) is 6.26. The first kappa shape index (κ1) is 17.4. The normalized spacial score (nSPS) is 10.5. The van der Waals surface area contributed by atoms with Gasteiger partial charge in [0.05, 0.1) is 9.99 Å². The molecule has 2 rings (SSSR count). The van der Waals surface area contributed by atoms with E-state index < -0.39 is 0 Å². The fourth-order valence-corrected chi connectivity index (χ4v) is 3.12. The van der Waals surface area contributed by atoms with Gasteiger partial charge >= 0.3 is 0 Å². The molecule has 0 aliphatic carbocycles. The van der Waals surface area contributed by atoms with Crippen molar-refractivity contribution in [2.75, 3.05) is 0 Å². The molecule has 0 radical (unpaired) electrons. The van der Waals surface area contributed by atoms with Crippen LogP contribution >= 0.6 is 31.9 Å². The van der Waals surface area contributed by atoms with Crippen LogP contribution in [0.1, 0.15) is 57.6 Å². The topological polar surface area (TPSA) is 25.8 Å². The Bertz CT molecular complexity index is 687. The van der Waals surface area contributed by atoms with E-state index in [0.717, 1.165) is 32.0 Å². The highest BCUT2D eigenvalue weighted by Crippen LogP contribution is 2.26. The molecule has 0 saturated heterocycles. The van der Waals surface area contributed by atoms with E-state index in [1.165, 1.54) is 38.5 Å². The molecule has 2 aromatic rings. The summed E-state index contributed by atoms with van der Waals surface area (Å²) in [5, 5.41) is 9.47. The molecule has 1 aromatic carbocycles. The molecule has 1 aromatic heterocycles. The number of fused-ring (bicyclic) bond motifs is 1. The van der Waals surface area contributed by atoms with Gasteiger partial charge in [-0.1, -0.05) is 60.9 Å². The van der Waals surface area contributed by atoms with E-state index in [4.69, 9.17) is 0 Å². The number of hydrogen-bond acceptors (Lipinski definition) is 2. The highest BCUT2D eigenvalue weighted by molar-refractivity contribution is 9.11. The lowest BCUT2D eigenvalue weighted by Crippen LogP contribution is -1.91. The standard InChI is InChI=1S/C18H20Br2N2/c1-2-3-4-5-6-7-8-9-10-17-18(20)15-13-14(19)11-12-16(15)21-22-17/h11-13H,2-8H2,1H3. The van der Waals surface area contributed by atoms with Crippen molar-refractivity contribution in [2.45, 2.75) is 51.9 Å². The van der Waals surface area contributed by atoms with E-state index in [0.29, 0.717) is 0 Å². The lowest BCUT2D eigenvalue weighted by molar-refractivity contribution is 0.614. The van der Waals surface area contributed by atoms with Crippen molar-refractivity contribution in [3.8, 4) is 11.8 Å². The van der Waals surface area contributed by atoms with E-state index in [2.05, 4.69) is 60.8 Å². The Morgan fingerprint density at radius 1 is 1.00 bits per heavy atom. The van der Waals surface area contributed by atoms with Crippen LogP contribution in [0.2, 0.25) is 0 Å². The van der Waals surface area contributed by atoms with Crippen LogP contribution in [0.3, 0.4) is 0 Å². The minimum atomic E-state index is 0.719. The molecule has 0 saturated carbocycles. The van der Waals surface area contributed by atoms with Gasteiger partial charge in [0.15, 0.2) is 5.69 Å². The maximum Gasteiger partial charge on any atom is 0.150 e. The second-order valence-corrected chi connectivity index (χ2v) is 7.05. The zero-order valence-corrected chi connectivity index (χ0v) is 16.0. The fourth-order valence-electron chi connectivity index (χ4n) is 2.27. The Hall–Kier alpha value is -0.920. The Kier molecular flexibility index (Phi) is 7.35. The average Bonchev–Trinajstić information content (AvgIpc) is 2.52. The number of rotatable bonds is 6. The molecule has 22 heavy (non-hydrogen) atoms. The van der Waals surface area contributed by atoms with Gasteiger partial charge in [-0.2, -0.15) is 0 Å². The van der Waals surface area contributed by atoms with Crippen LogP contribution in [-0.4, -0.2) is 10.2 Å². The Morgan fingerprint density at radius 2 is 1.77 bits per heavy atom. The largest absolute Gasteiger partial charge is 0.150 e. The summed E-state index contributed by atoms with van der Waals surface area (Å²) in [4.78, 5) is 0. The maximum absolute atomic E-state index is 4.23. The monoisotopic (exact) mass is 422 g/mol. The summed E-state index contributed by atoms with van der Waals surface area (Å²) in [5.74, 6) is 6.36.